The monoisotopic (exact) mass is 1110 g/mol. The van der Waals surface area contributed by atoms with Crippen LogP contribution in [0, 0.1) is 17.8 Å². The van der Waals surface area contributed by atoms with Crippen molar-refractivity contribution in [1.82, 2.24) is 40.6 Å². The van der Waals surface area contributed by atoms with Crippen LogP contribution in [-0.4, -0.2) is 164 Å². The van der Waals surface area contributed by atoms with Crippen molar-refractivity contribution in [2.45, 2.75) is 91.1 Å². The second-order valence-electron chi connectivity index (χ2n) is 21.1. The van der Waals surface area contributed by atoms with Crippen molar-refractivity contribution in [3.63, 3.8) is 0 Å². The molecule has 1 spiro atoms. The zero-order valence-electron chi connectivity index (χ0n) is 45.2. The SMILES string of the molecule is Cc1ncsc1-c1ccc(CNC(=O)[C@@H]2C[C@@H](O)CN2C(=O)[C@@H](NC(=O)CCOCCOCCOCCOCCOCCn2cc(-c3ccc(-c4cncc(Cl)c4N4CCC5(CCNC5=O)CC4)cc3)cn2)C(C)(C)C)cc1. The molecule has 420 valence electrons. The van der Waals surface area contributed by atoms with Gasteiger partial charge in [0.15, 0.2) is 0 Å². The molecule has 8 rings (SSSR count). The number of aliphatic hydroxyl groups is 1. The molecule has 3 saturated heterocycles. The first-order valence-corrected chi connectivity index (χ1v) is 28.2. The van der Waals surface area contributed by atoms with E-state index in [-0.39, 0.29) is 62.3 Å². The maximum atomic E-state index is 14.0. The van der Waals surface area contributed by atoms with Crippen molar-refractivity contribution < 1.29 is 48.0 Å². The Bertz CT molecular complexity index is 2760. The number of benzene rings is 2. The Hall–Kier alpha value is -5.84. The molecular weight excluding hydrogens is 1040 g/mol. The van der Waals surface area contributed by atoms with Gasteiger partial charge in [-0.2, -0.15) is 5.10 Å². The average molecular weight is 1110 g/mol. The number of hydrogen-bond acceptors (Lipinski definition) is 15. The molecule has 0 unspecified atom stereocenters. The van der Waals surface area contributed by atoms with Crippen molar-refractivity contribution in [2.75, 3.05) is 97.1 Å². The number of carbonyl (C=O) groups is 4. The molecule has 4 amide bonds. The molecule has 21 heteroatoms. The zero-order valence-corrected chi connectivity index (χ0v) is 46.8. The van der Waals surface area contributed by atoms with Gasteiger partial charge in [-0.25, -0.2) is 4.98 Å². The van der Waals surface area contributed by atoms with E-state index in [0.29, 0.717) is 64.4 Å². The van der Waals surface area contributed by atoms with Crippen LogP contribution in [0.15, 0.2) is 78.8 Å². The van der Waals surface area contributed by atoms with Gasteiger partial charge in [0.05, 0.1) is 117 Å². The predicted octanol–water partition coefficient (Wildman–Crippen LogP) is 6.09. The van der Waals surface area contributed by atoms with Gasteiger partial charge in [0.1, 0.15) is 12.1 Å². The minimum Gasteiger partial charge on any atom is -0.391 e. The minimum absolute atomic E-state index is 0.00435. The number of aromatic nitrogens is 4. The van der Waals surface area contributed by atoms with Gasteiger partial charge < -0.3 is 54.5 Å². The molecule has 4 N–H and O–H groups in total. The molecule has 3 aromatic heterocycles. The summed E-state index contributed by atoms with van der Waals surface area (Å²) < 4.78 is 30.1. The minimum atomic E-state index is -0.928. The van der Waals surface area contributed by atoms with Crippen LogP contribution >= 0.6 is 22.9 Å². The number of pyridine rings is 1. The number of ether oxygens (including phenoxy) is 5. The Balaban J connectivity index is 0.633. The normalized spacial score (nSPS) is 17.6. The van der Waals surface area contributed by atoms with Crippen molar-refractivity contribution >= 4 is 52.3 Å². The largest absolute Gasteiger partial charge is 0.391 e. The van der Waals surface area contributed by atoms with Crippen molar-refractivity contribution in [3.8, 4) is 32.7 Å². The second-order valence-corrected chi connectivity index (χ2v) is 22.4. The third kappa shape index (κ3) is 15.5. The summed E-state index contributed by atoms with van der Waals surface area (Å²) in [7, 11) is 0. The summed E-state index contributed by atoms with van der Waals surface area (Å²) in [6, 6.07) is 14.4. The third-order valence-corrected chi connectivity index (χ3v) is 15.8. The highest BCUT2D eigenvalue weighted by atomic mass is 35.5. The molecule has 3 aliphatic heterocycles. The summed E-state index contributed by atoms with van der Waals surface area (Å²) in [4.78, 5) is 66.5. The van der Waals surface area contributed by atoms with Gasteiger partial charge >= 0.3 is 0 Å². The number of hydrogen-bond donors (Lipinski definition) is 4. The average Bonchev–Trinajstić information content (AvgIpc) is 4.35. The molecule has 0 radical (unpaired) electrons. The number of likely N-dealkylation sites (tertiary alicyclic amines) is 1. The van der Waals surface area contributed by atoms with Crippen LogP contribution in [0.2, 0.25) is 5.02 Å². The number of aryl methyl sites for hydroxylation is 1. The molecule has 78 heavy (non-hydrogen) atoms. The summed E-state index contributed by atoms with van der Waals surface area (Å²) in [5, 5.41) is 24.5. The van der Waals surface area contributed by atoms with Gasteiger partial charge in [0.25, 0.3) is 0 Å². The predicted molar refractivity (Wildman–Crippen MR) is 298 cm³/mol. The highest BCUT2D eigenvalue weighted by Gasteiger charge is 2.46. The van der Waals surface area contributed by atoms with Crippen molar-refractivity contribution in [1.29, 1.82) is 0 Å². The molecule has 0 aliphatic carbocycles. The van der Waals surface area contributed by atoms with E-state index in [0.717, 1.165) is 88.5 Å². The highest BCUT2D eigenvalue weighted by molar-refractivity contribution is 7.13. The molecule has 5 aromatic rings. The molecule has 6 heterocycles. The lowest BCUT2D eigenvalue weighted by Crippen LogP contribution is -2.57. The Morgan fingerprint density at radius 3 is 2.08 bits per heavy atom. The third-order valence-electron chi connectivity index (χ3n) is 14.6. The Labute approximate surface area is 465 Å². The van der Waals surface area contributed by atoms with Crippen LogP contribution in [-0.2, 0) is 56.0 Å². The Kier molecular flexibility index (Phi) is 20.8. The number of anilines is 1. The summed E-state index contributed by atoms with van der Waals surface area (Å²) in [5.41, 5.74) is 8.80. The van der Waals surface area contributed by atoms with Gasteiger partial charge in [-0.15, -0.1) is 11.3 Å². The first-order valence-electron chi connectivity index (χ1n) is 26.9. The Morgan fingerprint density at radius 1 is 0.833 bits per heavy atom. The second kappa shape index (κ2) is 27.8. The first kappa shape index (κ1) is 58.3. The molecule has 0 bridgehead atoms. The zero-order chi connectivity index (χ0) is 55.1. The van der Waals surface area contributed by atoms with E-state index >= 15 is 0 Å². The number of β-amino-alcohol motifs (C(OH)–C–C–N with tert-alkyl or cyclic N) is 1. The molecule has 2 aromatic carbocycles. The van der Waals surface area contributed by atoms with Gasteiger partial charge in [0.2, 0.25) is 23.6 Å². The number of carbonyl (C=O) groups excluding carboxylic acids is 4. The topological polar surface area (TPSA) is 221 Å². The summed E-state index contributed by atoms with van der Waals surface area (Å²) >= 11 is 8.33. The fourth-order valence-electron chi connectivity index (χ4n) is 10.1. The van der Waals surface area contributed by atoms with E-state index < -0.39 is 29.5 Å². The summed E-state index contributed by atoms with van der Waals surface area (Å²) in [6.45, 7) is 14.4. The van der Waals surface area contributed by atoms with E-state index in [1.165, 1.54) is 4.90 Å². The number of piperidine rings is 1. The van der Waals surface area contributed by atoms with E-state index in [1.807, 2.05) is 80.7 Å². The quantitative estimate of drug-likeness (QED) is 0.0438. The Morgan fingerprint density at radius 2 is 1.46 bits per heavy atom. The van der Waals surface area contributed by atoms with Gasteiger partial charge in [-0.3, -0.25) is 28.8 Å². The molecule has 19 nitrogen and oxygen atoms in total. The van der Waals surface area contributed by atoms with E-state index in [2.05, 4.69) is 60.2 Å². The maximum Gasteiger partial charge on any atom is 0.246 e. The van der Waals surface area contributed by atoms with Crippen LogP contribution in [0.3, 0.4) is 0 Å². The number of rotatable bonds is 27. The molecule has 3 aliphatic rings. The van der Waals surface area contributed by atoms with Crippen molar-refractivity contribution in [2.24, 2.45) is 10.8 Å². The van der Waals surface area contributed by atoms with Crippen LogP contribution < -0.4 is 20.9 Å². The molecule has 3 atom stereocenters. The molecule has 3 fully saturated rings. The van der Waals surface area contributed by atoms with Gasteiger partial charge in [-0.05, 0) is 53.9 Å². The van der Waals surface area contributed by atoms with Crippen LogP contribution in [0.1, 0.15) is 64.1 Å². The fourth-order valence-corrected chi connectivity index (χ4v) is 11.2. The lowest BCUT2D eigenvalue weighted by molar-refractivity contribution is -0.144. The number of amides is 4. The van der Waals surface area contributed by atoms with Crippen LogP contribution in [0.5, 0.6) is 0 Å². The smallest absolute Gasteiger partial charge is 0.246 e. The van der Waals surface area contributed by atoms with Gasteiger partial charge in [-0.1, -0.05) is 80.9 Å². The number of nitrogens with one attached hydrogen (secondary N) is 3. The van der Waals surface area contributed by atoms with Crippen LogP contribution in [0.4, 0.5) is 5.69 Å². The lowest BCUT2D eigenvalue weighted by Gasteiger charge is -2.39. The first-order chi connectivity index (χ1) is 37.7. The van der Waals surface area contributed by atoms with E-state index in [4.69, 9.17) is 35.3 Å². The molecule has 0 saturated carbocycles. The van der Waals surface area contributed by atoms with Crippen molar-refractivity contribution in [3.05, 3.63) is 95.1 Å². The number of thiazole rings is 1. The van der Waals surface area contributed by atoms with E-state index in [9.17, 15) is 24.3 Å². The summed E-state index contributed by atoms with van der Waals surface area (Å²) in [6.07, 6.45) is 9.20. The number of halogens is 1. The van der Waals surface area contributed by atoms with E-state index in [1.54, 1.807) is 17.5 Å². The van der Waals surface area contributed by atoms with Crippen LogP contribution in [0.25, 0.3) is 32.7 Å². The number of aliphatic hydroxyl groups excluding tert-OH is 1. The van der Waals surface area contributed by atoms with Gasteiger partial charge in [0, 0.05) is 75.3 Å². The maximum absolute atomic E-state index is 14.0. The fraction of sp³-hybridized carbons (Fsp3) is 0.526. The number of nitrogens with zero attached hydrogens (tertiary/aromatic N) is 6. The molecular formula is C57H74ClN9O10S. The standard InChI is InChI=1S/C57H74ClN9O10S/c1-39-51(78-38-62-39)43-7-5-40(6-8-43)32-61-53(70)48-31-45(68)37-67(48)54(71)52(56(2,3)4)64-49(69)13-21-73-23-25-75-27-29-77-30-28-76-26-24-74-22-20-66-36-44(33-63-66)41-9-11-42(12-10-41)46-34-59-35-47(58)50(46)65-18-15-57(16-19-65)14-17-60-55(57)72/h5-12,33-36,38,45,48,52,68H,13-32,37H2,1-4H3,(H,60,72)(H,61,70)(H,64,69)/t45-,48+,52-/m1/s1. The highest BCUT2D eigenvalue weighted by Crippen LogP contribution is 2.43. The lowest BCUT2D eigenvalue weighted by atomic mass is 9.77. The summed E-state index contributed by atoms with van der Waals surface area (Å²) in [5.74, 6) is -0.958.